The third-order valence-corrected chi connectivity index (χ3v) is 5.50. The summed E-state index contributed by atoms with van der Waals surface area (Å²) in [6, 6.07) is 7.98. The smallest absolute Gasteiger partial charge is 0.285 e. The van der Waals surface area contributed by atoms with Crippen LogP contribution in [-0.4, -0.2) is 31.6 Å². The molecule has 0 unspecified atom stereocenters. The first-order chi connectivity index (χ1) is 12.0. The third-order valence-electron chi connectivity index (χ3n) is 4.07. The van der Waals surface area contributed by atoms with Crippen LogP contribution in [0.25, 0.3) is 0 Å². The lowest BCUT2D eigenvalue weighted by atomic mass is 10.2. The van der Waals surface area contributed by atoms with Crippen LogP contribution in [0.2, 0.25) is 0 Å². The van der Waals surface area contributed by atoms with Crippen LogP contribution in [0, 0.1) is 0 Å². The first-order valence-electron chi connectivity index (χ1n) is 8.03. The number of carbonyl (C=O) groups excluding carboxylic acids is 1. The van der Waals surface area contributed by atoms with Crippen molar-refractivity contribution in [1.82, 2.24) is 14.9 Å². The van der Waals surface area contributed by atoms with E-state index in [4.69, 9.17) is 4.74 Å². The minimum Gasteiger partial charge on any atom is -0.495 e. The van der Waals surface area contributed by atoms with Gasteiger partial charge in [0.25, 0.3) is 15.9 Å². The molecular formula is C17H19N3O4S. The quantitative estimate of drug-likeness (QED) is 0.845. The monoisotopic (exact) mass is 361 g/mol. The molecule has 1 amide bonds. The number of sulfonamides is 1. The number of nitrogens with zero attached hydrogens (tertiary/aromatic N) is 2. The molecule has 2 aromatic rings. The predicted octanol–water partition coefficient (Wildman–Crippen LogP) is 2.04. The largest absolute Gasteiger partial charge is 0.495 e. The van der Waals surface area contributed by atoms with Crippen LogP contribution in [0.15, 0.2) is 35.2 Å². The normalized spacial score (nSPS) is 14.2. The van der Waals surface area contributed by atoms with Gasteiger partial charge in [-0.2, -0.15) is 5.10 Å². The summed E-state index contributed by atoms with van der Waals surface area (Å²) in [4.78, 5) is 12.4. The van der Waals surface area contributed by atoms with E-state index < -0.39 is 15.9 Å². The second-order valence-corrected chi connectivity index (χ2v) is 7.50. The topological polar surface area (TPSA) is 98.2 Å². The van der Waals surface area contributed by atoms with E-state index in [0.29, 0.717) is 29.3 Å². The van der Waals surface area contributed by atoms with Crippen molar-refractivity contribution in [3.8, 4) is 5.75 Å². The Balaban J connectivity index is 1.86. The molecule has 3 rings (SSSR count). The van der Waals surface area contributed by atoms with Crippen LogP contribution in [0.3, 0.4) is 0 Å². The van der Waals surface area contributed by atoms with Crippen molar-refractivity contribution in [3.63, 3.8) is 0 Å². The number of nitrogens with one attached hydrogen (secondary N) is 1. The SMILES string of the molecule is CCc1ccccc1S(=O)(=O)NC(=O)c1cc(OC)c(C2CC2)nn1. The first-order valence-corrected chi connectivity index (χ1v) is 9.51. The van der Waals surface area contributed by atoms with Crippen LogP contribution in [-0.2, 0) is 16.4 Å². The Kier molecular flexibility index (Phi) is 4.71. The molecule has 0 spiro atoms. The average molecular weight is 361 g/mol. The van der Waals surface area contributed by atoms with Gasteiger partial charge in [0.1, 0.15) is 11.4 Å². The van der Waals surface area contributed by atoms with Gasteiger partial charge in [-0.3, -0.25) is 4.79 Å². The zero-order valence-electron chi connectivity index (χ0n) is 14.0. The number of amides is 1. The fraction of sp³-hybridized carbons (Fsp3) is 0.353. The number of benzene rings is 1. The maximum absolute atomic E-state index is 12.5. The molecule has 1 aromatic heterocycles. The zero-order valence-corrected chi connectivity index (χ0v) is 14.8. The number of hydrogen-bond donors (Lipinski definition) is 1. The molecule has 1 heterocycles. The zero-order chi connectivity index (χ0) is 18.0. The van der Waals surface area contributed by atoms with Gasteiger partial charge in [0.2, 0.25) is 0 Å². The lowest BCUT2D eigenvalue weighted by molar-refractivity contribution is 0.0975. The van der Waals surface area contributed by atoms with Gasteiger partial charge in [-0.05, 0) is 30.9 Å². The Labute approximate surface area is 146 Å². The molecule has 0 aliphatic heterocycles. The highest BCUT2D eigenvalue weighted by Gasteiger charge is 2.30. The van der Waals surface area contributed by atoms with Gasteiger partial charge >= 0.3 is 0 Å². The maximum Gasteiger partial charge on any atom is 0.285 e. The number of carbonyl (C=O) groups is 1. The van der Waals surface area contributed by atoms with E-state index in [1.54, 1.807) is 18.2 Å². The van der Waals surface area contributed by atoms with Gasteiger partial charge in [0.05, 0.1) is 12.0 Å². The predicted molar refractivity (Wildman–Crippen MR) is 91.0 cm³/mol. The van der Waals surface area contributed by atoms with Crippen LogP contribution < -0.4 is 9.46 Å². The highest BCUT2D eigenvalue weighted by atomic mass is 32.2. The van der Waals surface area contributed by atoms with Crippen molar-refractivity contribution in [2.45, 2.75) is 37.0 Å². The number of rotatable bonds is 6. The summed E-state index contributed by atoms with van der Waals surface area (Å²) in [7, 11) is -2.51. The maximum atomic E-state index is 12.5. The third kappa shape index (κ3) is 3.63. The van der Waals surface area contributed by atoms with Crippen molar-refractivity contribution >= 4 is 15.9 Å². The van der Waals surface area contributed by atoms with E-state index in [-0.39, 0.29) is 10.6 Å². The second kappa shape index (κ2) is 6.79. The first kappa shape index (κ1) is 17.3. The van der Waals surface area contributed by atoms with Crippen molar-refractivity contribution in [2.24, 2.45) is 0 Å². The van der Waals surface area contributed by atoms with E-state index in [1.165, 1.54) is 19.2 Å². The molecule has 1 fully saturated rings. The summed E-state index contributed by atoms with van der Waals surface area (Å²) in [6.45, 7) is 1.85. The van der Waals surface area contributed by atoms with Crippen molar-refractivity contribution in [3.05, 3.63) is 47.3 Å². The summed E-state index contributed by atoms with van der Waals surface area (Å²) < 4.78 is 32.4. The highest BCUT2D eigenvalue weighted by Crippen LogP contribution is 2.42. The molecule has 1 aromatic carbocycles. The Morgan fingerprint density at radius 2 is 2.00 bits per heavy atom. The molecular weight excluding hydrogens is 342 g/mol. The van der Waals surface area contributed by atoms with Gasteiger partial charge in [-0.25, -0.2) is 13.1 Å². The van der Waals surface area contributed by atoms with E-state index in [9.17, 15) is 13.2 Å². The van der Waals surface area contributed by atoms with E-state index in [1.807, 2.05) is 6.92 Å². The number of ether oxygens (including phenoxy) is 1. The van der Waals surface area contributed by atoms with Crippen LogP contribution in [0.1, 0.15) is 47.4 Å². The second-order valence-electron chi connectivity index (χ2n) is 5.85. The number of hydrogen-bond acceptors (Lipinski definition) is 6. The molecule has 1 N–H and O–H groups in total. The molecule has 0 atom stereocenters. The van der Waals surface area contributed by atoms with Crippen molar-refractivity contribution < 1.29 is 17.9 Å². The number of methoxy groups -OCH3 is 1. The van der Waals surface area contributed by atoms with Crippen LogP contribution in [0.4, 0.5) is 0 Å². The molecule has 1 aliphatic carbocycles. The Bertz CT molecular complexity index is 908. The molecule has 0 radical (unpaired) electrons. The minimum atomic E-state index is -3.99. The summed E-state index contributed by atoms with van der Waals surface area (Å²) >= 11 is 0. The summed E-state index contributed by atoms with van der Waals surface area (Å²) in [6.07, 6.45) is 2.56. The van der Waals surface area contributed by atoms with E-state index >= 15 is 0 Å². The lowest BCUT2D eigenvalue weighted by Gasteiger charge is -2.11. The van der Waals surface area contributed by atoms with Gasteiger partial charge in [0.15, 0.2) is 5.69 Å². The summed E-state index contributed by atoms with van der Waals surface area (Å²) in [5, 5.41) is 7.90. The van der Waals surface area contributed by atoms with Crippen LogP contribution in [0.5, 0.6) is 5.75 Å². The van der Waals surface area contributed by atoms with E-state index in [2.05, 4.69) is 14.9 Å². The van der Waals surface area contributed by atoms with Crippen molar-refractivity contribution in [2.75, 3.05) is 7.11 Å². The Hall–Kier alpha value is -2.48. The number of aryl methyl sites for hydroxylation is 1. The van der Waals surface area contributed by atoms with Gasteiger partial charge in [-0.15, -0.1) is 5.10 Å². The Morgan fingerprint density at radius 3 is 2.64 bits per heavy atom. The highest BCUT2D eigenvalue weighted by molar-refractivity contribution is 7.90. The Morgan fingerprint density at radius 1 is 1.28 bits per heavy atom. The fourth-order valence-corrected chi connectivity index (χ4v) is 3.86. The minimum absolute atomic E-state index is 0.0837. The summed E-state index contributed by atoms with van der Waals surface area (Å²) in [5.41, 5.74) is 1.24. The molecule has 8 heteroatoms. The molecule has 25 heavy (non-hydrogen) atoms. The molecule has 1 saturated carbocycles. The lowest BCUT2D eigenvalue weighted by Crippen LogP contribution is -2.32. The molecule has 1 aliphatic rings. The standard InChI is InChI=1S/C17H19N3O4S/c1-3-11-6-4-5-7-15(11)25(22,23)20-17(21)13-10-14(24-2)16(19-18-13)12-8-9-12/h4-7,10,12H,3,8-9H2,1-2H3,(H,20,21). The van der Waals surface area contributed by atoms with Crippen LogP contribution >= 0.6 is 0 Å². The number of aromatic nitrogens is 2. The van der Waals surface area contributed by atoms with Crippen molar-refractivity contribution in [1.29, 1.82) is 0 Å². The molecule has 132 valence electrons. The van der Waals surface area contributed by atoms with Gasteiger partial charge in [-0.1, -0.05) is 25.1 Å². The summed E-state index contributed by atoms with van der Waals surface area (Å²) in [5.74, 6) is -0.0761. The average Bonchev–Trinajstić information content (AvgIpc) is 3.45. The van der Waals surface area contributed by atoms with Gasteiger partial charge < -0.3 is 4.74 Å². The molecule has 7 nitrogen and oxygen atoms in total. The molecule has 0 saturated heterocycles. The van der Waals surface area contributed by atoms with Gasteiger partial charge in [0, 0.05) is 12.0 Å². The van der Waals surface area contributed by atoms with E-state index in [0.717, 1.165) is 12.8 Å². The fourth-order valence-electron chi connectivity index (χ4n) is 2.59. The molecule has 0 bridgehead atoms.